The summed E-state index contributed by atoms with van der Waals surface area (Å²) in [5.41, 5.74) is 2.85. The Morgan fingerprint density at radius 3 is 2.50 bits per heavy atom. The Morgan fingerprint density at radius 2 is 1.91 bits per heavy atom. The largest absolute Gasteiger partial charge is 0.292 e. The molecule has 2 aromatic rings. The summed E-state index contributed by atoms with van der Waals surface area (Å²) in [4.78, 5) is 12.7. The SMILES string of the molecule is CCc1ccc(CC)c(C(=O)Cn2nnnc2C(C)(C)C)c1. The molecule has 0 amide bonds. The zero-order valence-electron chi connectivity index (χ0n) is 14.1. The third kappa shape index (κ3) is 3.40. The van der Waals surface area contributed by atoms with Gasteiger partial charge in [-0.1, -0.05) is 46.8 Å². The molecule has 118 valence electrons. The van der Waals surface area contributed by atoms with Gasteiger partial charge >= 0.3 is 0 Å². The molecule has 0 saturated carbocycles. The van der Waals surface area contributed by atoms with Crippen molar-refractivity contribution in [1.82, 2.24) is 20.2 Å². The molecule has 0 aliphatic rings. The molecule has 0 radical (unpaired) electrons. The van der Waals surface area contributed by atoms with Crippen LogP contribution in [0.1, 0.15) is 61.9 Å². The third-order valence-electron chi connectivity index (χ3n) is 3.76. The van der Waals surface area contributed by atoms with Crippen LogP contribution in [0.25, 0.3) is 0 Å². The summed E-state index contributed by atoms with van der Waals surface area (Å²) >= 11 is 0. The molecule has 0 unspecified atom stereocenters. The van der Waals surface area contributed by atoms with Gasteiger partial charge in [0.2, 0.25) is 0 Å². The van der Waals surface area contributed by atoms with E-state index in [0.29, 0.717) is 0 Å². The minimum atomic E-state index is -0.192. The van der Waals surface area contributed by atoms with Crippen molar-refractivity contribution in [2.75, 3.05) is 0 Å². The highest BCUT2D eigenvalue weighted by molar-refractivity contribution is 5.97. The summed E-state index contributed by atoms with van der Waals surface area (Å²) in [5.74, 6) is 0.787. The van der Waals surface area contributed by atoms with Crippen LogP contribution in [0.15, 0.2) is 18.2 Å². The van der Waals surface area contributed by atoms with Crippen LogP contribution in [0.2, 0.25) is 0 Å². The minimum absolute atomic E-state index is 0.0601. The number of carbonyl (C=O) groups excluding carboxylic acids is 1. The molecule has 0 atom stereocenters. The van der Waals surface area contributed by atoms with E-state index in [0.717, 1.165) is 29.8 Å². The van der Waals surface area contributed by atoms with Crippen LogP contribution < -0.4 is 0 Å². The standard InChI is InChI=1S/C17H24N4O/c1-6-12-8-9-13(7-2)14(10-12)15(22)11-21-16(17(3,4)5)18-19-20-21/h8-10H,6-7,11H2,1-5H3. The number of benzene rings is 1. The fourth-order valence-electron chi connectivity index (χ4n) is 2.48. The maximum Gasteiger partial charge on any atom is 0.184 e. The van der Waals surface area contributed by atoms with Crippen LogP contribution in [0.3, 0.4) is 0 Å². The number of aromatic nitrogens is 4. The Balaban J connectivity index is 2.32. The Bertz CT molecular complexity index is 668. The zero-order valence-corrected chi connectivity index (χ0v) is 14.1. The van der Waals surface area contributed by atoms with Gasteiger partial charge < -0.3 is 0 Å². The molecule has 0 aliphatic carbocycles. The predicted octanol–water partition coefficient (Wildman–Crippen LogP) is 2.98. The van der Waals surface area contributed by atoms with E-state index in [9.17, 15) is 4.79 Å². The van der Waals surface area contributed by atoms with Gasteiger partial charge in [-0.05, 0) is 40.5 Å². The molecular formula is C17H24N4O. The summed E-state index contributed by atoms with van der Waals surface area (Å²) in [6, 6.07) is 6.14. The van der Waals surface area contributed by atoms with Crippen molar-refractivity contribution in [3.05, 3.63) is 40.7 Å². The lowest BCUT2D eigenvalue weighted by atomic mass is 9.95. The molecule has 0 aliphatic heterocycles. The summed E-state index contributed by atoms with van der Waals surface area (Å²) in [6.07, 6.45) is 1.76. The van der Waals surface area contributed by atoms with Crippen molar-refractivity contribution in [3.63, 3.8) is 0 Å². The molecule has 5 heteroatoms. The fourth-order valence-corrected chi connectivity index (χ4v) is 2.48. The number of hydrogen-bond donors (Lipinski definition) is 0. The number of ketones is 1. The van der Waals surface area contributed by atoms with E-state index >= 15 is 0 Å². The Morgan fingerprint density at radius 1 is 1.18 bits per heavy atom. The summed E-state index contributed by atoms with van der Waals surface area (Å²) in [6.45, 7) is 10.4. The van der Waals surface area contributed by atoms with E-state index in [-0.39, 0.29) is 17.7 Å². The number of aryl methyl sites for hydroxylation is 2. The van der Waals surface area contributed by atoms with Gasteiger partial charge in [0, 0.05) is 11.0 Å². The molecule has 5 nitrogen and oxygen atoms in total. The minimum Gasteiger partial charge on any atom is -0.292 e. The number of nitrogens with zero attached hydrogens (tertiary/aromatic N) is 4. The van der Waals surface area contributed by atoms with Crippen molar-refractivity contribution < 1.29 is 4.79 Å². The van der Waals surface area contributed by atoms with Gasteiger partial charge in [-0.2, -0.15) is 0 Å². The lowest BCUT2D eigenvalue weighted by Crippen LogP contribution is -2.23. The molecular weight excluding hydrogens is 276 g/mol. The van der Waals surface area contributed by atoms with Crippen molar-refractivity contribution in [2.45, 2.75) is 59.4 Å². The Hall–Kier alpha value is -2.04. The molecule has 1 aromatic carbocycles. The Kier molecular flexibility index (Phi) is 4.74. The first kappa shape index (κ1) is 16.3. The quantitative estimate of drug-likeness (QED) is 0.796. The number of Topliss-reactive ketones (excluding diaryl/α,β-unsaturated/α-hetero) is 1. The summed E-state index contributed by atoms with van der Waals surface area (Å²) < 4.78 is 1.61. The van der Waals surface area contributed by atoms with Gasteiger partial charge in [-0.15, -0.1) is 5.10 Å². The highest BCUT2D eigenvalue weighted by atomic mass is 16.1. The topological polar surface area (TPSA) is 60.7 Å². The number of tetrazole rings is 1. The van der Waals surface area contributed by atoms with Crippen molar-refractivity contribution in [1.29, 1.82) is 0 Å². The van der Waals surface area contributed by atoms with Crippen LogP contribution in [0.4, 0.5) is 0 Å². The van der Waals surface area contributed by atoms with Gasteiger partial charge in [-0.25, -0.2) is 4.68 Å². The van der Waals surface area contributed by atoms with E-state index in [1.807, 2.05) is 26.8 Å². The van der Waals surface area contributed by atoms with E-state index in [1.165, 1.54) is 5.56 Å². The van der Waals surface area contributed by atoms with E-state index in [4.69, 9.17) is 0 Å². The van der Waals surface area contributed by atoms with Crippen LogP contribution in [0, 0.1) is 0 Å². The molecule has 0 bridgehead atoms. The summed E-state index contributed by atoms with van der Waals surface area (Å²) in [7, 11) is 0. The van der Waals surface area contributed by atoms with Gasteiger partial charge in [0.1, 0.15) is 6.54 Å². The molecule has 0 spiro atoms. The van der Waals surface area contributed by atoms with Crippen LogP contribution in [-0.2, 0) is 24.8 Å². The number of hydrogen-bond acceptors (Lipinski definition) is 4. The second-order valence-electron chi connectivity index (χ2n) is 6.53. The third-order valence-corrected chi connectivity index (χ3v) is 3.76. The lowest BCUT2D eigenvalue weighted by molar-refractivity contribution is 0.0963. The number of rotatable bonds is 5. The fraction of sp³-hybridized carbons (Fsp3) is 0.529. The highest BCUT2D eigenvalue weighted by Crippen LogP contribution is 2.20. The maximum absolute atomic E-state index is 12.7. The van der Waals surface area contributed by atoms with E-state index in [2.05, 4.69) is 41.5 Å². The second-order valence-corrected chi connectivity index (χ2v) is 6.53. The first-order chi connectivity index (χ1) is 10.4. The predicted molar refractivity (Wildman–Crippen MR) is 86.0 cm³/mol. The molecule has 1 aromatic heterocycles. The van der Waals surface area contributed by atoms with Gasteiger partial charge in [0.25, 0.3) is 0 Å². The van der Waals surface area contributed by atoms with Crippen molar-refractivity contribution >= 4 is 5.78 Å². The second kappa shape index (κ2) is 6.38. The van der Waals surface area contributed by atoms with Crippen LogP contribution in [0.5, 0.6) is 0 Å². The van der Waals surface area contributed by atoms with E-state index in [1.54, 1.807) is 4.68 Å². The Labute approximate surface area is 131 Å². The van der Waals surface area contributed by atoms with Crippen LogP contribution in [-0.4, -0.2) is 26.0 Å². The highest BCUT2D eigenvalue weighted by Gasteiger charge is 2.23. The van der Waals surface area contributed by atoms with Gasteiger partial charge in [0.05, 0.1) is 0 Å². The zero-order chi connectivity index (χ0) is 16.3. The molecule has 0 N–H and O–H groups in total. The molecule has 0 saturated heterocycles. The van der Waals surface area contributed by atoms with E-state index < -0.39 is 0 Å². The van der Waals surface area contributed by atoms with Gasteiger partial charge in [0.15, 0.2) is 11.6 Å². The average Bonchev–Trinajstić information content (AvgIpc) is 2.94. The van der Waals surface area contributed by atoms with Crippen LogP contribution >= 0.6 is 0 Å². The first-order valence-corrected chi connectivity index (χ1v) is 7.78. The molecule has 2 rings (SSSR count). The summed E-state index contributed by atoms with van der Waals surface area (Å²) in [5, 5.41) is 11.8. The molecule has 1 heterocycles. The normalized spacial score (nSPS) is 11.7. The first-order valence-electron chi connectivity index (χ1n) is 7.78. The lowest BCUT2D eigenvalue weighted by Gasteiger charge is -2.17. The van der Waals surface area contributed by atoms with Crippen molar-refractivity contribution in [3.8, 4) is 0 Å². The molecule has 0 fully saturated rings. The van der Waals surface area contributed by atoms with Gasteiger partial charge in [-0.3, -0.25) is 4.79 Å². The molecule has 22 heavy (non-hydrogen) atoms. The monoisotopic (exact) mass is 300 g/mol. The smallest absolute Gasteiger partial charge is 0.184 e. The van der Waals surface area contributed by atoms with Crippen molar-refractivity contribution in [2.24, 2.45) is 0 Å². The average molecular weight is 300 g/mol. The number of carbonyl (C=O) groups is 1. The maximum atomic E-state index is 12.7.